The number of halogens is 2. The highest BCUT2D eigenvalue weighted by Gasteiger charge is 2.35. The maximum absolute atomic E-state index is 14.2. The van der Waals surface area contributed by atoms with E-state index in [1.165, 1.54) is 29.6 Å². The third-order valence-electron chi connectivity index (χ3n) is 6.09. The summed E-state index contributed by atoms with van der Waals surface area (Å²) in [6, 6.07) is 13.8. The molecule has 2 N–H and O–H groups in total. The number of sulfonamides is 1. The van der Waals surface area contributed by atoms with Crippen molar-refractivity contribution in [2.45, 2.75) is 31.4 Å². The zero-order chi connectivity index (χ0) is 25.3. The highest BCUT2D eigenvalue weighted by molar-refractivity contribution is 7.92. The highest BCUT2D eigenvalue weighted by atomic mass is 35.5. The number of fused-ring (bicyclic) bond motifs is 1. The molecule has 184 valence electrons. The number of methoxy groups -OCH3 is 1. The molecule has 0 saturated heterocycles. The number of ether oxygens (including phenoxy) is 2. The molecule has 6 nitrogen and oxygen atoms in total. The highest BCUT2D eigenvalue weighted by Crippen LogP contribution is 2.39. The van der Waals surface area contributed by atoms with Gasteiger partial charge in [-0.2, -0.15) is 0 Å². The lowest BCUT2D eigenvalue weighted by Gasteiger charge is -2.36. The number of aryl methyl sites for hydroxylation is 1. The van der Waals surface area contributed by atoms with Gasteiger partial charge in [-0.15, -0.1) is 0 Å². The van der Waals surface area contributed by atoms with Crippen molar-refractivity contribution in [1.29, 1.82) is 0 Å². The van der Waals surface area contributed by atoms with E-state index in [2.05, 4.69) is 0 Å². The fraction of sp³-hybridized carbons (Fsp3) is 0.231. The van der Waals surface area contributed by atoms with Gasteiger partial charge in [0, 0.05) is 24.2 Å². The predicted molar refractivity (Wildman–Crippen MR) is 136 cm³/mol. The molecule has 0 amide bonds. The summed E-state index contributed by atoms with van der Waals surface area (Å²) in [4.78, 5) is 0.0977. The number of benzene rings is 3. The summed E-state index contributed by atoms with van der Waals surface area (Å²) in [6.45, 7) is 3.73. The normalized spacial score (nSPS) is 15.4. The summed E-state index contributed by atoms with van der Waals surface area (Å²) in [6.07, 6.45) is 1.89. The van der Waals surface area contributed by atoms with E-state index in [4.69, 9.17) is 26.8 Å². The molecule has 3 aromatic rings. The Morgan fingerprint density at radius 3 is 2.60 bits per heavy atom. The van der Waals surface area contributed by atoms with Crippen LogP contribution in [0.2, 0.25) is 5.02 Å². The van der Waals surface area contributed by atoms with Crippen molar-refractivity contribution in [2.24, 2.45) is 5.73 Å². The third kappa shape index (κ3) is 4.74. The second kappa shape index (κ2) is 9.89. The molecule has 1 atom stereocenters. The van der Waals surface area contributed by atoms with E-state index in [9.17, 15) is 12.8 Å². The van der Waals surface area contributed by atoms with Crippen molar-refractivity contribution >= 4 is 33.4 Å². The molecular weight excluding hydrogens is 491 g/mol. The lowest BCUT2D eigenvalue weighted by molar-refractivity contribution is 0.300. The topological polar surface area (TPSA) is 81.9 Å². The summed E-state index contributed by atoms with van der Waals surface area (Å²) in [7, 11) is -2.50. The Hall–Kier alpha value is -3.07. The third-order valence-corrected chi connectivity index (χ3v) is 8.32. The van der Waals surface area contributed by atoms with Crippen LogP contribution in [-0.2, 0) is 16.6 Å². The molecule has 3 aromatic carbocycles. The van der Waals surface area contributed by atoms with Crippen LogP contribution in [0.5, 0.6) is 11.5 Å². The fourth-order valence-electron chi connectivity index (χ4n) is 4.07. The maximum Gasteiger partial charge on any atom is 0.265 e. The summed E-state index contributed by atoms with van der Waals surface area (Å²) >= 11 is 6.11. The number of nitrogens with zero attached hydrogens (tertiary/aromatic N) is 1. The largest absolute Gasteiger partial charge is 0.496 e. The average molecular weight is 517 g/mol. The van der Waals surface area contributed by atoms with E-state index >= 15 is 0 Å². The van der Waals surface area contributed by atoms with Crippen LogP contribution in [0.1, 0.15) is 23.6 Å². The molecule has 1 aliphatic rings. The average Bonchev–Trinajstić information content (AvgIpc) is 2.83. The second-order valence-electron chi connectivity index (χ2n) is 8.24. The van der Waals surface area contributed by atoms with Gasteiger partial charge in [-0.3, -0.25) is 4.31 Å². The lowest BCUT2D eigenvalue weighted by atomic mass is 9.98. The molecule has 0 aliphatic carbocycles. The van der Waals surface area contributed by atoms with Gasteiger partial charge in [-0.05, 0) is 60.9 Å². The first-order chi connectivity index (χ1) is 16.7. The van der Waals surface area contributed by atoms with E-state index in [1.807, 2.05) is 13.0 Å². The van der Waals surface area contributed by atoms with Crippen molar-refractivity contribution < 1.29 is 22.3 Å². The van der Waals surface area contributed by atoms with Crippen molar-refractivity contribution in [3.8, 4) is 11.5 Å². The van der Waals surface area contributed by atoms with Crippen molar-refractivity contribution in [3.63, 3.8) is 0 Å². The van der Waals surface area contributed by atoms with E-state index < -0.39 is 21.9 Å². The lowest BCUT2D eigenvalue weighted by Crippen LogP contribution is -2.43. The van der Waals surface area contributed by atoms with Crippen molar-refractivity contribution in [2.75, 3.05) is 18.0 Å². The standard InChI is InChI=1S/C26H26ClFN2O4S/c1-16-7-10-21(13-26(16)33-3)35(31,32)30-17(2)19(14-29)11-18-8-9-20(12-25(18)30)34-15-22-23(27)5-4-6-24(22)28/h4-13,17H,14-15,29H2,1-3H3/t17-/m1/s1. The van der Waals surface area contributed by atoms with Gasteiger partial charge in [0.15, 0.2) is 0 Å². The van der Waals surface area contributed by atoms with Crippen LogP contribution in [-0.4, -0.2) is 28.1 Å². The number of rotatable bonds is 7. The Bertz CT molecular complexity index is 1390. The summed E-state index contributed by atoms with van der Waals surface area (Å²) in [5.74, 6) is 0.378. The first-order valence-corrected chi connectivity index (χ1v) is 12.8. The molecule has 4 rings (SSSR count). The smallest absolute Gasteiger partial charge is 0.265 e. The first-order valence-electron chi connectivity index (χ1n) is 11.0. The predicted octanol–water partition coefficient (Wildman–Crippen LogP) is 5.31. The molecular formula is C26H26ClFN2O4S. The molecule has 0 spiro atoms. The minimum absolute atomic E-state index is 0.0977. The van der Waals surface area contributed by atoms with Gasteiger partial charge in [-0.1, -0.05) is 29.8 Å². The second-order valence-corrected chi connectivity index (χ2v) is 10.5. The number of hydrogen-bond donors (Lipinski definition) is 1. The van der Waals surface area contributed by atoms with Crippen LogP contribution in [0, 0.1) is 12.7 Å². The van der Waals surface area contributed by atoms with Gasteiger partial charge < -0.3 is 15.2 Å². The SMILES string of the molecule is COc1cc(S(=O)(=O)N2c3cc(OCc4c(F)cccc4Cl)ccc3C=C(CN)[C@H]2C)ccc1C. The van der Waals surface area contributed by atoms with Crippen LogP contribution >= 0.6 is 11.6 Å². The van der Waals surface area contributed by atoms with Crippen molar-refractivity contribution in [3.05, 3.63) is 87.7 Å². The summed E-state index contributed by atoms with van der Waals surface area (Å²) in [5, 5.41) is 0.254. The van der Waals surface area contributed by atoms with Gasteiger partial charge in [0.05, 0.1) is 28.8 Å². The Labute approximate surface area is 209 Å². The van der Waals surface area contributed by atoms with Gasteiger partial charge in [-0.25, -0.2) is 12.8 Å². The number of hydrogen-bond acceptors (Lipinski definition) is 5. The fourth-order valence-corrected chi connectivity index (χ4v) is 5.98. The van der Waals surface area contributed by atoms with Crippen LogP contribution < -0.4 is 19.5 Å². The molecule has 35 heavy (non-hydrogen) atoms. The Morgan fingerprint density at radius 1 is 1.14 bits per heavy atom. The molecule has 0 saturated carbocycles. The first kappa shape index (κ1) is 25.0. The molecule has 1 aliphatic heterocycles. The van der Waals surface area contributed by atoms with E-state index in [-0.39, 0.29) is 28.6 Å². The molecule has 0 fully saturated rings. The zero-order valence-corrected chi connectivity index (χ0v) is 21.2. The van der Waals surface area contributed by atoms with Crippen LogP contribution in [0.15, 0.2) is 65.1 Å². The van der Waals surface area contributed by atoms with Gasteiger partial charge in [0.2, 0.25) is 0 Å². The van der Waals surface area contributed by atoms with Crippen LogP contribution in [0.4, 0.5) is 10.1 Å². The maximum atomic E-state index is 14.2. The van der Waals surface area contributed by atoms with Gasteiger partial charge in [0.25, 0.3) is 10.0 Å². The van der Waals surface area contributed by atoms with E-state index in [0.29, 0.717) is 22.7 Å². The van der Waals surface area contributed by atoms with E-state index in [1.54, 1.807) is 43.3 Å². The minimum atomic E-state index is -3.99. The molecule has 9 heteroatoms. The van der Waals surface area contributed by atoms with Gasteiger partial charge in [0.1, 0.15) is 23.9 Å². The van der Waals surface area contributed by atoms with E-state index in [0.717, 1.165) is 11.1 Å². The quantitative estimate of drug-likeness (QED) is 0.460. The summed E-state index contributed by atoms with van der Waals surface area (Å²) in [5.41, 5.74) is 8.88. The van der Waals surface area contributed by atoms with Crippen molar-refractivity contribution in [1.82, 2.24) is 0 Å². The Morgan fingerprint density at radius 2 is 1.91 bits per heavy atom. The summed E-state index contributed by atoms with van der Waals surface area (Å²) < 4.78 is 54.4. The minimum Gasteiger partial charge on any atom is -0.496 e. The zero-order valence-electron chi connectivity index (χ0n) is 19.6. The molecule has 0 aromatic heterocycles. The molecule has 0 radical (unpaired) electrons. The molecule has 1 heterocycles. The van der Waals surface area contributed by atoms with Gasteiger partial charge >= 0.3 is 0 Å². The number of anilines is 1. The molecule has 0 bridgehead atoms. The monoisotopic (exact) mass is 516 g/mol. The molecule has 0 unspecified atom stereocenters. The van der Waals surface area contributed by atoms with Crippen LogP contribution in [0.25, 0.3) is 6.08 Å². The Kier molecular flexibility index (Phi) is 7.07. The Balaban J connectivity index is 1.76. The van der Waals surface area contributed by atoms with Crippen LogP contribution in [0.3, 0.4) is 0 Å². The number of nitrogens with two attached hydrogens (primary N) is 1.